The summed E-state index contributed by atoms with van der Waals surface area (Å²) >= 11 is 14.2. The number of nitrogens with zero attached hydrogens (tertiary/aromatic N) is 3. The van der Waals surface area contributed by atoms with Crippen LogP contribution in [0.2, 0.25) is 10.0 Å². The van der Waals surface area contributed by atoms with Gasteiger partial charge in [-0.2, -0.15) is 5.21 Å². The highest BCUT2D eigenvalue weighted by atomic mass is 127. The lowest BCUT2D eigenvalue weighted by Gasteiger charge is -2.10. The third-order valence-corrected chi connectivity index (χ3v) is 4.36. The van der Waals surface area contributed by atoms with Crippen molar-refractivity contribution in [2.24, 2.45) is 0 Å². The second-order valence-electron chi connectivity index (χ2n) is 4.41. The van der Waals surface area contributed by atoms with E-state index in [2.05, 4.69) is 43.2 Å². The van der Waals surface area contributed by atoms with Gasteiger partial charge in [0.1, 0.15) is 12.4 Å². The first-order valence-electron chi connectivity index (χ1n) is 6.23. The highest BCUT2D eigenvalue weighted by Crippen LogP contribution is 2.28. The lowest BCUT2D eigenvalue weighted by Crippen LogP contribution is -1.98. The van der Waals surface area contributed by atoms with Crippen LogP contribution in [0, 0.1) is 3.57 Å². The van der Waals surface area contributed by atoms with Gasteiger partial charge in [0, 0.05) is 21.2 Å². The monoisotopic (exact) mass is 446 g/mol. The molecule has 112 valence electrons. The third-order valence-electron chi connectivity index (χ3n) is 2.93. The Hall–Kier alpha value is -1.38. The molecule has 0 atom stereocenters. The largest absolute Gasteiger partial charge is 0.488 e. The van der Waals surface area contributed by atoms with Crippen molar-refractivity contribution < 1.29 is 4.74 Å². The van der Waals surface area contributed by atoms with Gasteiger partial charge in [-0.05, 0) is 58.1 Å². The van der Waals surface area contributed by atoms with Crippen molar-refractivity contribution in [1.82, 2.24) is 20.6 Å². The Kier molecular flexibility index (Phi) is 4.80. The maximum Gasteiger partial charge on any atom is 0.204 e. The molecule has 0 aliphatic heterocycles. The van der Waals surface area contributed by atoms with Crippen LogP contribution in [-0.2, 0) is 6.61 Å². The molecule has 0 saturated heterocycles. The molecule has 0 saturated carbocycles. The molecule has 3 rings (SSSR count). The molecule has 0 aliphatic carbocycles. The number of halogens is 3. The van der Waals surface area contributed by atoms with E-state index in [-0.39, 0.29) is 0 Å². The number of nitrogens with one attached hydrogen (secondary N) is 1. The Labute approximate surface area is 150 Å². The highest BCUT2D eigenvalue weighted by molar-refractivity contribution is 14.1. The zero-order valence-electron chi connectivity index (χ0n) is 11.1. The average molecular weight is 447 g/mol. The van der Waals surface area contributed by atoms with Crippen molar-refractivity contribution in [1.29, 1.82) is 0 Å². The standard InChI is InChI=1S/C14H9Cl2IN4O/c15-10-3-1-9(11(16)6-10)7-22-13-4-2-8(5-12(13)17)14-18-20-21-19-14/h1-6H,7H2,(H,18,19,20,21). The van der Waals surface area contributed by atoms with E-state index in [1.54, 1.807) is 12.1 Å². The fourth-order valence-electron chi connectivity index (χ4n) is 1.84. The van der Waals surface area contributed by atoms with Gasteiger partial charge in [-0.1, -0.05) is 29.3 Å². The summed E-state index contributed by atoms with van der Waals surface area (Å²) in [6.07, 6.45) is 0. The molecule has 0 fully saturated rings. The van der Waals surface area contributed by atoms with Crippen LogP contribution in [0.1, 0.15) is 5.56 Å². The van der Waals surface area contributed by atoms with Gasteiger partial charge >= 0.3 is 0 Å². The average Bonchev–Trinajstić information content (AvgIpc) is 3.02. The van der Waals surface area contributed by atoms with Crippen LogP contribution in [0.3, 0.4) is 0 Å². The normalized spacial score (nSPS) is 10.7. The Morgan fingerprint density at radius 2 is 2.00 bits per heavy atom. The van der Waals surface area contributed by atoms with E-state index < -0.39 is 0 Å². The van der Waals surface area contributed by atoms with Crippen molar-refractivity contribution in [2.45, 2.75) is 6.61 Å². The van der Waals surface area contributed by atoms with Gasteiger partial charge in [0.25, 0.3) is 0 Å². The van der Waals surface area contributed by atoms with Gasteiger partial charge in [0.2, 0.25) is 5.82 Å². The molecular weight excluding hydrogens is 438 g/mol. The number of hydrogen-bond acceptors (Lipinski definition) is 4. The number of ether oxygens (including phenoxy) is 1. The Bertz CT molecular complexity index is 796. The van der Waals surface area contributed by atoms with Crippen LogP contribution in [-0.4, -0.2) is 20.6 Å². The second kappa shape index (κ2) is 6.80. The first-order valence-corrected chi connectivity index (χ1v) is 8.07. The predicted octanol–water partition coefficient (Wildman–Crippen LogP) is 4.36. The molecule has 0 radical (unpaired) electrons. The molecule has 0 bridgehead atoms. The Morgan fingerprint density at radius 1 is 1.14 bits per heavy atom. The Balaban J connectivity index is 1.75. The van der Waals surface area contributed by atoms with Crippen molar-refractivity contribution in [3.05, 3.63) is 55.6 Å². The minimum Gasteiger partial charge on any atom is -0.488 e. The van der Waals surface area contributed by atoms with Crippen LogP contribution in [0.25, 0.3) is 11.4 Å². The van der Waals surface area contributed by atoms with Crippen molar-refractivity contribution >= 4 is 45.8 Å². The molecule has 1 heterocycles. The fraction of sp³-hybridized carbons (Fsp3) is 0.0714. The summed E-state index contributed by atoms with van der Waals surface area (Å²) in [6, 6.07) is 11.0. The summed E-state index contributed by atoms with van der Waals surface area (Å²) in [5.41, 5.74) is 1.75. The summed E-state index contributed by atoms with van der Waals surface area (Å²) in [5.74, 6) is 1.31. The topological polar surface area (TPSA) is 63.7 Å². The maximum atomic E-state index is 6.14. The molecule has 0 amide bonds. The first-order chi connectivity index (χ1) is 10.6. The molecule has 0 aliphatic rings. The third kappa shape index (κ3) is 3.50. The lowest BCUT2D eigenvalue weighted by atomic mass is 10.2. The molecule has 0 spiro atoms. The molecule has 1 N–H and O–H groups in total. The fourth-order valence-corrected chi connectivity index (χ4v) is 2.97. The lowest BCUT2D eigenvalue weighted by molar-refractivity contribution is 0.304. The summed E-state index contributed by atoms with van der Waals surface area (Å²) < 4.78 is 6.77. The van der Waals surface area contributed by atoms with E-state index in [0.29, 0.717) is 22.5 Å². The van der Waals surface area contributed by atoms with Gasteiger partial charge in [-0.25, -0.2) is 0 Å². The van der Waals surface area contributed by atoms with Gasteiger partial charge in [-0.15, -0.1) is 10.2 Å². The van der Waals surface area contributed by atoms with Crippen LogP contribution < -0.4 is 4.74 Å². The Morgan fingerprint density at radius 3 is 2.68 bits per heavy atom. The van der Waals surface area contributed by atoms with Crippen molar-refractivity contribution in [3.63, 3.8) is 0 Å². The van der Waals surface area contributed by atoms with Gasteiger partial charge in [0.05, 0.1) is 3.57 Å². The zero-order chi connectivity index (χ0) is 15.5. The van der Waals surface area contributed by atoms with E-state index in [9.17, 15) is 0 Å². The maximum absolute atomic E-state index is 6.14. The number of hydrogen-bond donors (Lipinski definition) is 1. The summed E-state index contributed by atoms with van der Waals surface area (Å²) in [7, 11) is 0. The van der Waals surface area contributed by atoms with Gasteiger partial charge in [-0.3, -0.25) is 0 Å². The number of H-pyrrole nitrogens is 1. The van der Waals surface area contributed by atoms with Crippen molar-refractivity contribution in [3.8, 4) is 17.1 Å². The van der Waals surface area contributed by atoms with Crippen molar-refractivity contribution in [2.75, 3.05) is 0 Å². The minimum absolute atomic E-state index is 0.369. The first kappa shape index (κ1) is 15.5. The van der Waals surface area contributed by atoms with E-state index in [4.69, 9.17) is 27.9 Å². The molecule has 1 aromatic heterocycles. The van der Waals surface area contributed by atoms with E-state index in [1.807, 2.05) is 24.3 Å². The second-order valence-corrected chi connectivity index (χ2v) is 6.41. The number of aromatic amines is 1. The summed E-state index contributed by atoms with van der Waals surface area (Å²) in [5, 5.41) is 15.1. The SMILES string of the molecule is Clc1ccc(COc2ccc(-c3nn[nH]n3)cc2I)c(Cl)c1. The van der Waals surface area contributed by atoms with Crippen LogP contribution in [0.5, 0.6) is 5.75 Å². The van der Waals surface area contributed by atoms with E-state index in [1.165, 1.54) is 0 Å². The summed E-state index contributed by atoms with van der Waals surface area (Å²) in [6.45, 7) is 0.369. The number of rotatable bonds is 4. The number of aromatic nitrogens is 4. The van der Waals surface area contributed by atoms with E-state index in [0.717, 1.165) is 20.4 Å². The molecule has 3 aromatic rings. The molecule has 2 aromatic carbocycles. The molecule has 8 heteroatoms. The van der Waals surface area contributed by atoms with Crippen LogP contribution in [0.4, 0.5) is 0 Å². The van der Waals surface area contributed by atoms with Crippen LogP contribution in [0.15, 0.2) is 36.4 Å². The molecular formula is C14H9Cl2IN4O. The highest BCUT2D eigenvalue weighted by Gasteiger charge is 2.09. The summed E-state index contributed by atoms with van der Waals surface area (Å²) in [4.78, 5) is 0. The number of benzene rings is 2. The zero-order valence-corrected chi connectivity index (χ0v) is 14.7. The smallest absolute Gasteiger partial charge is 0.204 e. The molecule has 22 heavy (non-hydrogen) atoms. The molecule has 0 unspecified atom stereocenters. The van der Waals surface area contributed by atoms with Gasteiger partial charge < -0.3 is 4.74 Å². The van der Waals surface area contributed by atoms with Crippen LogP contribution >= 0.6 is 45.8 Å². The number of tetrazole rings is 1. The minimum atomic E-state index is 0.369. The molecule has 5 nitrogen and oxygen atoms in total. The quantitative estimate of drug-likeness (QED) is 0.605. The predicted molar refractivity (Wildman–Crippen MR) is 93.1 cm³/mol. The van der Waals surface area contributed by atoms with Gasteiger partial charge in [0.15, 0.2) is 0 Å². The van der Waals surface area contributed by atoms with E-state index >= 15 is 0 Å².